The minimum absolute atomic E-state index is 0.126. The zero-order valence-electron chi connectivity index (χ0n) is 10.9. The molecule has 0 radical (unpaired) electrons. The van der Waals surface area contributed by atoms with Gasteiger partial charge in [-0.3, -0.25) is 14.1 Å². The molecule has 0 aliphatic carbocycles. The van der Waals surface area contributed by atoms with Gasteiger partial charge in [-0.25, -0.2) is 0 Å². The monoisotopic (exact) mass is 319 g/mol. The summed E-state index contributed by atoms with van der Waals surface area (Å²) in [5, 5.41) is -0.279. The summed E-state index contributed by atoms with van der Waals surface area (Å²) in [5.41, 5.74) is 4.30. The second-order valence-electron chi connectivity index (χ2n) is 4.58. The van der Waals surface area contributed by atoms with Crippen molar-refractivity contribution in [3.8, 4) is 0 Å². The van der Waals surface area contributed by atoms with E-state index in [-0.39, 0.29) is 22.1 Å². The molecule has 1 aromatic heterocycles. The first-order chi connectivity index (χ1) is 10.3. The minimum atomic E-state index is -4.68. The third kappa shape index (κ3) is 2.05. The summed E-state index contributed by atoms with van der Waals surface area (Å²) in [6.45, 7) is 0. The maximum absolute atomic E-state index is 12.5. The third-order valence-corrected chi connectivity index (χ3v) is 4.13. The van der Waals surface area contributed by atoms with Gasteiger partial charge in [-0.1, -0.05) is 12.1 Å². The zero-order chi connectivity index (χ0) is 16.1. The topological polar surface area (TPSA) is 128 Å². The van der Waals surface area contributed by atoms with Crippen molar-refractivity contribution < 1.29 is 22.2 Å². The summed E-state index contributed by atoms with van der Waals surface area (Å²) in [5.74, 6) is -0.884. The first kappa shape index (κ1) is 14.2. The fourth-order valence-electron chi connectivity index (χ4n) is 2.28. The minimum Gasteiger partial charge on any atom is -0.455 e. The zero-order valence-corrected chi connectivity index (χ0v) is 11.8. The van der Waals surface area contributed by atoms with Crippen LogP contribution in [0.2, 0.25) is 0 Å². The van der Waals surface area contributed by atoms with Crippen LogP contribution < -0.4 is 11.2 Å². The highest BCUT2D eigenvalue weighted by atomic mass is 32.2. The van der Waals surface area contributed by atoms with Crippen LogP contribution in [0.15, 0.2) is 50.5 Å². The molecular weight excluding hydrogens is 310 g/mol. The Bertz CT molecular complexity index is 1100. The first-order valence-electron chi connectivity index (χ1n) is 6.06. The summed E-state index contributed by atoms with van der Waals surface area (Å²) < 4.78 is 37.7. The van der Waals surface area contributed by atoms with Crippen LogP contribution in [0, 0.1) is 0 Å². The van der Waals surface area contributed by atoms with Crippen molar-refractivity contribution in [2.75, 3.05) is 0 Å². The normalized spacial score (nSPS) is 11.9. The number of benzene rings is 2. The molecule has 112 valence electrons. The molecule has 0 aliphatic rings. The number of primary amides is 1. The van der Waals surface area contributed by atoms with Crippen LogP contribution >= 0.6 is 0 Å². The average molecular weight is 319 g/mol. The molecular formula is C14H9NO6S. The highest BCUT2D eigenvalue weighted by molar-refractivity contribution is 7.86. The maximum atomic E-state index is 12.5. The van der Waals surface area contributed by atoms with E-state index in [9.17, 15) is 22.6 Å². The molecule has 0 saturated heterocycles. The molecule has 3 rings (SSSR count). The van der Waals surface area contributed by atoms with E-state index in [0.29, 0.717) is 0 Å². The lowest BCUT2D eigenvalue weighted by atomic mass is 10.1. The fraction of sp³-hybridized carbons (Fsp3) is 0. The largest absolute Gasteiger partial charge is 0.455 e. The number of amides is 1. The molecule has 0 fully saturated rings. The van der Waals surface area contributed by atoms with E-state index >= 15 is 0 Å². The van der Waals surface area contributed by atoms with Gasteiger partial charge in [0, 0.05) is 0 Å². The molecule has 0 spiro atoms. The second-order valence-corrected chi connectivity index (χ2v) is 5.97. The van der Waals surface area contributed by atoms with E-state index in [1.807, 2.05) is 0 Å². The number of carbonyl (C=O) groups is 1. The molecule has 0 atom stereocenters. The Balaban J connectivity index is 2.69. The summed E-state index contributed by atoms with van der Waals surface area (Å²) >= 11 is 0. The molecule has 0 bridgehead atoms. The highest BCUT2D eigenvalue weighted by Gasteiger charge is 2.23. The molecule has 0 unspecified atom stereocenters. The number of para-hydroxylation sites is 1. The van der Waals surface area contributed by atoms with Crippen molar-refractivity contribution in [3.05, 3.63) is 52.2 Å². The number of nitrogens with two attached hydrogens (primary N) is 1. The Kier molecular flexibility index (Phi) is 3.01. The van der Waals surface area contributed by atoms with Crippen LogP contribution in [0.25, 0.3) is 21.9 Å². The summed E-state index contributed by atoms with van der Waals surface area (Å²) in [6, 6.07) is 8.19. The van der Waals surface area contributed by atoms with Gasteiger partial charge < -0.3 is 10.2 Å². The van der Waals surface area contributed by atoms with Crippen molar-refractivity contribution >= 4 is 38.0 Å². The first-order valence-corrected chi connectivity index (χ1v) is 7.50. The Labute approximate surface area is 123 Å². The number of hydrogen-bond donors (Lipinski definition) is 2. The Hall–Kier alpha value is -2.71. The summed E-state index contributed by atoms with van der Waals surface area (Å²) in [6.07, 6.45) is 0. The van der Waals surface area contributed by atoms with Crippen LogP contribution in [-0.4, -0.2) is 18.9 Å². The number of fused-ring (bicyclic) bond motifs is 2. The van der Waals surface area contributed by atoms with Crippen LogP contribution in [0.1, 0.15) is 10.4 Å². The van der Waals surface area contributed by atoms with Crippen LogP contribution in [0.4, 0.5) is 0 Å². The van der Waals surface area contributed by atoms with Gasteiger partial charge in [-0.15, -0.1) is 0 Å². The molecule has 1 heterocycles. The Morgan fingerprint density at radius 1 is 1.14 bits per heavy atom. The predicted octanol–water partition coefficient (Wildman–Crippen LogP) is 1.29. The number of carbonyl (C=O) groups excluding carboxylic acids is 1. The lowest BCUT2D eigenvalue weighted by Gasteiger charge is -2.07. The molecule has 1 amide bonds. The van der Waals surface area contributed by atoms with Gasteiger partial charge in [0.2, 0.25) is 5.43 Å². The lowest BCUT2D eigenvalue weighted by molar-refractivity contribution is 0.100. The van der Waals surface area contributed by atoms with E-state index < -0.39 is 31.7 Å². The van der Waals surface area contributed by atoms with Gasteiger partial charge in [0.05, 0.1) is 16.3 Å². The second kappa shape index (κ2) is 4.65. The molecule has 3 aromatic rings. The number of rotatable bonds is 2. The Morgan fingerprint density at radius 2 is 1.82 bits per heavy atom. The number of hydrogen-bond acceptors (Lipinski definition) is 5. The average Bonchev–Trinajstić information content (AvgIpc) is 2.45. The van der Waals surface area contributed by atoms with Crippen LogP contribution in [0.3, 0.4) is 0 Å². The molecule has 2 aromatic carbocycles. The fourth-order valence-corrected chi connectivity index (χ4v) is 2.97. The summed E-state index contributed by atoms with van der Waals surface area (Å²) in [4.78, 5) is 23.4. The van der Waals surface area contributed by atoms with Crippen molar-refractivity contribution in [2.24, 2.45) is 5.73 Å². The highest BCUT2D eigenvalue weighted by Crippen LogP contribution is 2.27. The van der Waals surface area contributed by atoms with Crippen molar-refractivity contribution in [3.63, 3.8) is 0 Å². The van der Waals surface area contributed by atoms with Crippen molar-refractivity contribution in [2.45, 2.75) is 4.90 Å². The van der Waals surface area contributed by atoms with Gasteiger partial charge in [-0.2, -0.15) is 8.42 Å². The molecule has 22 heavy (non-hydrogen) atoms. The van der Waals surface area contributed by atoms with E-state index in [0.717, 1.165) is 12.1 Å². The smallest absolute Gasteiger partial charge is 0.295 e. The molecule has 3 N–H and O–H groups in total. The summed E-state index contributed by atoms with van der Waals surface area (Å²) in [7, 11) is -4.68. The maximum Gasteiger partial charge on any atom is 0.295 e. The van der Waals surface area contributed by atoms with Gasteiger partial charge in [0.1, 0.15) is 10.5 Å². The molecule has 0 aliphatic heterocycles. The van der Waals surface area contributed by atoms with Crippen molar-refractivity contribution in [1.29, 1.82) is 0 Å². The van der Waals surface area contributed by atoms with Crippen LogP contribution in [-0.2, 0) is 10.1 Å². The SMILES string of the molecule is NC(=O)c1ccc(S(=O)(=O)O)c2c(=O)c3ccccc3oc12. The van der Waals surface area contributed by atoms with E-state index in [2.05, 4.69) is 0 Å². The van der Waals surface area contributed by atoms with Crippen molar-refractivity contribution in [1.82, 2.24) is 0 Å². The molecule has 7 nitrogen and oxygen atoms in total. The standard InChI is InChI=1S/C14H9NO6S/c15-14(17)8-5-6-10(22(18,19)20)11-12(16)7-3-1-2-4-9(7)21-13(8)11/h1-6H,(H2,15,17)(H,18,19,20). The van der Waals surface area contributed by atoms with Gasteiger partial charge in [-0.05, 0) is 24.3 Å². The van der Waals surface area contributed by atoms with Gasteiger partial charge >= 0.3 is 0 Å². The van der Waals surface area contributed by atoms with Gasteiger partial charge in [0.15, 0.2) is 5.58 Å². The van der Waals surface area contributed by atoms with Gasteiger partial charge in [0.25, 0.3) is 16.0 Å². The quantitative estimate of drug-likeness (QED) is 0.541. The third-order valence-electron chi connectivity index (χ3n) is 3.23. The Morgan fingerprint density at radius 3 is 2.45 bits per heavy atom. The lowest BCUT2D eigenvalue weighted by Crippen LogP contribution is -2.15. The van der Waals surface area contributed by atoms with E-state index in [1.54, 1.807) is 12.1 Å². The van der Waals surface area contributed by atoms with E-state index in [1.165, 1.54) is 12.1 Å². The molecule has 0 saturated carbocycles. The predicted molar refractivity (Wildman–Crippen MR) is 78.3 cm³/mol. The molecule has 8 heteroatoms. The van der Waals surface area contributed by atoms with E-state index in [4.69, 9.17) is 10.2 Å². The van der Waals surface area contributed by atoms with Crippen LogP contribution in [0.5, 0.6) is 0 Å².